The first-order valence-electron chi connectivity index (χ1n) is 7.74. The highest BCUT2D eigenvalue weighted by molar-refractivity contribution is 5.72. The fourth-order valence-electron chi connectivity index (χ4n) is 2.57. The summed E-state index contributed by atoms with van der Waals surface area (Å²) in [6, 6.07) is 0.442. The van der Waals surface area contributed by atoms with Crippen molar-refractivity contribution in [1.82, 2.24) is 5.32 Å². The Labute approximate surface area is 122 Å². The Balaban J connectivity index is 2.07. The lowest BCUT2D eigenvalue weighted by Gasteiger charge is -2.28. The van der Waals surface area contributed by atoms with Crippen LogP contribution in [0.3, 0.4) is 0 Å². The molecular formula is C15H29NO4. The Morgan fingerprint density at radius 2 is 2.10 bits per heavy atom. The third-order valence-corrected chi connectivity index (χ3v) is 3.62. The predicted molar refractivity (Wildman–Crippen MR) is 77.7 cm³/mol. The molecule has 1 saturated carbocycles. The molecule has 0 spiro atoms. The van der Waals surface area contributed by atoms with Crippen LogP contribution < -0.4 is 5.32 Å². The number of methoxy groups -OCH3 is 1. The number of rotatable bonds is 10. The monoisotopic (exact) mass is 287 g/mol. The zero-order chi connectivity index (χ0) is 14.6. The molecule has 0 saturated heterocycles. The second kappa shape index (κ2) is 11.1. The molecule has 2 atom stereocenters. The van der Waals surface area contributed by atoms with Crippen LogP contribution in [0.25, 0.3) is 0 Å². The first-order valence-corrected chi connectivity index (χ1v) is 7.74. The number of esters is 1. The van der Waals surface area contributed by atoms with Crippen LogP contribution in [0.4, 0.5) is 0 Å². The molecule has 5 heteroatoms. The topological polar surface area (TPSA) is 56.8 Å². The van der Waals surface area contributed by atoms with Crippen LogP contribution in [0.1, 0.15) is 39.0 Å². The van der Waals surface area contributed by atoms with Crippen molar-refractivity contribution in [2.45, 2.75) is 45.1 Å². The van der Waals surface area contributed by atoms with Gasteiger partial charge in [-0.15, -0.1) is 0 Å². The maximum absolute atomic E-state index is 11.7. The summed E-state index contributed by atoms with van der Waals surface area (Å²) in [7, 11) is 1.67. The molecule has 1 aliphatic rings. The number of carbonyl (C=O) groups is 1. The van der Waals surface area contributed by atoms with Gasteiger partial charge in [-0.2, -0.15) is 0 Å². The quantitative estimate of drug-likeness (QED) is 0.490. The number of hydrogen-bond donors (Lipinski definition) is 1. The van der Waals surface area contributed by atoms with Crippen molar-refractivity contribution in [3.8, 4) is 0 Å². The lowest BCUT2D eigenvalue weighted by molar-refractivity contribution is -0.149. The number of carbonyl (C=O) groups excluding carboxylic acids is 1. The third-order valence-electron chi connectivity index (χ3n) is 3.62. The molecule has 2 unspecified atom stereocenters. The Bertz CT molecular complexity index is 260. The van der Waals surface area contributed by atoms with E-state index < -0.39 is 0 Å². The van der Waals surface area contributed by atoms with Crippen LogP contribution in [-0.4, -0.2) is 52.1 Å². The summed E-state index contributed by atoms with van der Waals surface area (Å²) >= 11 is 0. The highest BCUT2D eigenvalue weighted by atomic mass is 16.5. The fraction of sp³-hybridized carbons (Fsp3) is 0.933. The summed E-state index contributed by atoms with van der Waals surface area (Å²) in [5.74, 6) is 0.0565. The molecule has 0 aromatic heterocycles. The van der Waals surface area contributed by atoms with Gasteiger partial charge in [-0.1, -0.05) is 6.42 Å². The summed E-state index contributed by atoms with van der Waals surface area (Å²) in [4.78, 5) is 11.7. The first kappa shape index (κ1) is 17.4. The van der Waals surface area contributed by atoms with E-state index in [9.17, 15) is 4.79 Å². The summed E-state index contributed by atoms with van der Waals surface area (Å²) in [5, 5.41) is 3.52. The molecule has 1 fully saturated rings. The minimum Gasteiger partial charge on any atom is -0.466 e. The van der Waals surface area contributed by atoms with Gasteiger partial charge in [-0.05, 0) is 39.2 Å². The minimum atomic E-state index is -0.0260. The number of ether oxygens (including phenoxy) is 3. The summed E-state index contributed by atoms with van der Waals surface area (Å²) in [6.07, 6.45) is 5.12. The largest absolute Gasteiger partial charge is 0.466 e. The molecule has 0 aromatic carbocycles. The zero-order valence-corrected chi connectivity index (χ0v) is 12.9. The molecule has 5 nitrogen and oxygen atoms in total. The average Bonchev–Trinajstić information content (AvgIpc) is 2.47. The molecule has 0 aliphatic heterocycles. The minimum absolute atomic E-state index is 0.0260. The van der Waals surface area contributed by atoms with E-state index in [1.54, 1.807) is 7.11 Å². The Morgan fingerprint density at radius 1 is 1.25 bits per heavy atom. The standard InChI is InChI=1S/C15H29NO4/c1-3-20-15(17)13-6-4-7-14(12-13)16-8-5-9-19-11-10-18-2/h13-14,16H,3-12H2,1-2H3. The van der Waals surface area contributed by atoms with E-state index in [2.05, 4.69) is 5.32 Å². The summed E-state index contributed by atoms with van der Waals surface area (Å²) in [5.41, 5.74) is 0. The Morgan fingerprint density at radius 3 is 2.85 bits per heavy atom. The van der Waals surface area contributed by atoms with Crippen LogP contribution in [-0.2, 0) is 19.0 Å². The number of nitrogens with one attached hydrogen (secondary N) is 1. The molecular weight excluding hydrogens is 258 g/mol. The van der Waals surface area contributed by atoms with Crippen LogP contribution in [0.2, 0.25) is 0 Å². The molecule has 1 N–H and O–H groups in total. The van der Waals surface area contributed by atoms with Gasteiger partial charge in [0.15, 0.2) is 0 Å². The molecule has 118 valence electrons. The van der Waals surface area contributed by atoms with E-state index in [-0.39, 0.29) is 11.9 Å². The van der Waals surface area contributed by atoms with E-state index >= 15 is 0 Å². The molecule has 0 amide bonds. The SMILES string of the molecule is CCOC(=O)C1CCCC(NCCCOCCOC)C1. The molecule has 1 rings (SSSR count). The van der Waals surface area contributed by atoms with Gasteiger partial charge in [0.2, 0.25) is 0 Å². The van der Waals surface area contributed by atoms with Gasteiger partial charge in [-0.3, -0.25) is 4.79 Å². The highest BCUT2D eigenvalue weighted by Gasteiger charge is 2.27. The maximum Gasteiger partial charge on any atom is 0.308 e. The second-order valence-corrected chi connectivity index (χ2v) is 5.23. The van der Waals surface area contributed by atoms with Crippen molar-refractivity contribution in [1.29, 1.82) is 0 Å². The smallest absolute Gasteiger partial charge is 0.308 e. The normalized spacial score (nSPS) is 22.7. The van der Waals surface area contributed by atoms with Crippen LogP contribution in [0, 0.1) is 5.92 Å². The van der Waals surface area contributed by atoms with Crippen molar-refractivity contribution < 1.29 is 19.0 Å². The lowest BCUT2D eigenvalue weighted by atomic mass is 9.85. The van der Waals surface area contributed by atoms with E-state index in [1.165, 1.54) is 0 Å². The van der Waals surface area contributed by atoms with Gasteiger partial charge in [0.1, 0.15) is 0 Å². The second-order valence-electron chi connectivity index (χ2n) is 5.23. The Hall–Kier alpha value is -0.650. The van der Waals surface area contributed by atoms with Gasteiger partial charge in [0.25, 0.3) is 0 Å². The Kier molecular flexibility index (Phi) is 9.62. The van der Waals surface area contributed by atoms with E-state index in [1.807, 2.05) is 6.92 Å². The molecule has 0 radical (unpaired) electrons. The van der Waals surface area contributed by atoms with Gasteiger partial charge >= 0.3 is 5.97 Å². The molecule has 20 heavy (non-hydrogen) atoms. The lowest BCUT2D eigenvalue weighted by Crippen LogP contribution is -2.37. The van der Waals surface area contributed by atoms with E-state index in [0.717, 1.165) is 45.3 Å². The average molecular weight is 287 g/mol. The predicted octanol–water partition coefficient (Wildman–Crippen LogP) is 1.75. The fourth-order valence-corrected chi connectivity index (χ4v) is 2.57. The molecule has 0 heterocycles. The van der Waals surface area contributed by atoms with Gasteiger partial charge in [-0.25, -0.2) is 0 Å². The van der Waals surface area contributed by atoms with Gasteiger partial charge in [0.05, 0.1) is 25.7 Å². The third kappa shape index (κ3) is 7.22. The summed E-state index contributed by atoms with van der Waals surface area (Å²) < 4.78 is 15.4. The van der Waals surface area contributed by atoms with Crippen molar-refractivity contribution in [2.24, 2.45) is 5.92 Å². The van der Waals surface area contributed by atoms with Gasteiger partial charge in [0, 0.05) is 19.8 Å². The zero-order valence-electron chi connectivity index (χ0n) is 12.9. The van der Waals surface area contributed by atoms with E-state index in [0.29, 0.717) is 25.9 Å². The van der Waals surface area contributed by atoms with Crippen LogP contribution >= 0.6 is 0 Å². The van der Waals surface area contributed by atoms with Crippen molar-refractivity contribution in [3.05, 3.63) is 0 Å². The van der Waals surface area contributed by atoms with Crippen molar-refractivity contribution in [3.63, 3.8) is 0 Å². The summed E-state index contributed by atoms with van der Waals surface area (Å²) in [6.45, 7) is 5.34. The molecule has 0 aromatic rings. The maximum atomic E-state index is 11.7. The first-order chi connectivity index (χ1) is 9.77. The van der Waals surface area contributed by atoms with E-state index in [4.69, 9.17) is 14.2 Å². The van der Waals surface area contributed by atoms with Crippen LogP contribution in [0.15, 0.2) is 0 Å². The number of hydrogen-bond acceptors (Lipinski definition) is 5. The van der Waals surface area contributed by atoms with Crippen LogP contribution in [0.5, 0.6) is 0 Å². The molecule has 1 aliphatic carbocycles. The highest BCUT2D eigenvalue weighted by Crippen LogP contribution is 2.25. The molecule has 0 bridgehead atoms. The van der Waals surface area contributed by atoms with Crippen molar-refractivity contribution in [2.75, 3.05) is 40.1 Å². The van der Waals surface area contributed by atoms with Crippen molar-refractivity contribution >= 4 is 5.97 Å². The van der Waals surface area contributed by atoms with Gasteiger partial charge < -0.3 is 19.5 Å².